The van der Waals surface area contributed by atoms with E-state index in [9.17, 15) is 5.11 Å². The van der Waals surface area contributed by atoms with E-state index >= 15 is 0 Å². The molecule has 0 amide bonds. The molecule has 0 radical (unpaired) electrons. The van der Waals surface area contributed by atoms with Crippen molar-refractivity contribution in [3.8, 4) is 28.1 Å². The molecule has 3 atom stereocenters. The van der Waals surface area contributed by atoms with E-state index in [2.05, 4.69) is 25.7 Å². The number of thioether (sulfide) groups is 1. The summed E-state index contributed by atoms with van der Waals surface area (Å²) < 4.78 is 0. The SMILES string of the molecule is Oc1cc(-c2cn[nH]c2)ccc1-c1ccc(SC2C[C@H]3CC[C@@H](C2)N3)nn1. The van der Waals surface area contributed by atoms with E-state index in [1.807, 2.05) is 36.0 Å². The van der Waals surface area contributed by atoms with E-state index in [0.717, 1.165) is 16.2 Å². The Morgan fingerprint density at radius 1 is 1.00 bits per heavy atom. The second-order valence-electron chi connectivity index (χ2n) is 7.32. The molecule has 2 aliphatic rings. The zero-order valence-corrected chi connectivity index (χ0v) is 15.6. The standard InChI is InChI=1S/C20H21N5OS/c26-19-7-12(13-10-21-22-11-13)1-4-17(19)18-5-6-20(25-24-18)27-16-8-14-2-3-15(9-16)23-14/h1,4-7,10-11,14-16,23,26H,2-3,8-9H2,(H,21,22)/t14-,15+,16?. The molecule has 0 aliphatic carbocycles. The van der Waals surface area contributed by atoms with Crippen molar-refractivity contribution >= 4 is 11.8 Å². The number of phenols is 1. The highest BCUT2D eigenvalue weighted by Gasteiger charge is 2.34. The van der Waals surface area contributed by atoms with Crippen LogP contribution in [0.5, 0.6) is 5.75 Å². The van der Waals surface area contributed by atoms with Crippen LogP contribution in [0.2, 0.25) is 0 Å². The van der Waals surface area contributed by atoms with Crippen LogP contribution in [0.15, 0.2) is 47.8 Å². The number of phenolic OH excluding ortho intramolecular Hbond substituents is 1. The number of aromatic nitrogens is 4. The molecule has 2 saturated heterocycles. The monoisotopic (exact) mass is 379 g/mol. The first-order valence-electron chi connectivity index (χ1n) is 9.33. The van der Waals surface area contributed by atoms with Crippen molar-refractivity contribution in [3.05, 3.63) is 42.7 Å². The van der Waals surface area contributed by atoms with Crippen molar-refractivity contribution in [1.29, 1.82) is 0 Å². The fraction of sp³-hybridized carbons (Fsp3) is 0.350. The topological polar surface area (TPSA) is 86.7 Å². The molecule has 6 nitrogen and oxygen atoms in total. The maximum atomic E-state index is 10.4. The van der Waals surface area contributed by atoms with E-state index < -0.39 is 0 Å². The number of nitrogens with zero attached hydrogens (tertiary/aromatic N) is 3. The van der Waals surface area contributed by atoms with Crippen molar-refractivity contribution in [1.82, 2.24) is 25.7 Å². The minimum absolute atomic E-state index is 0.193. The van der Waals surface area contributed by atoms with Crippen molar-refractivity contribution in [2.75, 3.05) is 0 Å². The molecule has 0 spiro atoms. The summed E-state index contributed by atoms with van der Waals surface area (Å²) in [5.41, 5.74) is 3.21. The Hall–Kier alpha value is -2.38. The molecule has 2 aromatic heterocycles. The predicted octanol–water partition coefficient (Wildman–Crippen LogP) is 3.61. The molecule has 5 rings (SSSR count). The highest BCUT2D eigenvalue weighted by atomic mass is 32.2. The number of benzene rings is 1. The molecule has 1 aromatic carbocycles. The van der Waals surface area contributed by atoms with Gasteiger partial charge in [-0.15, -0.1) is 22.0 Å². The van der Waals surface area contributed by atoms with Crippen LogP contribution >= 0.6 is 11.8 Å². The lowest BCUT2D eigenvalue weighted by atomic mass is 10.0. The Morgan fingerprint density at radius 2 is 1.85 bits per heavy atom. The van der Waals surface area contributed by atoms with Crippen molar-refractivity contribution in [2.24, 2.45) is 0 Å². The smallest absolute Gasteiger partial charge is 0.125 e. The summed E-state index contributed by atoms with van der Waals surface area (Å²) in [6.07, 6.45) is 8.56. The quantitative estimate of drug-likeness (QED) is 0.642. The molecule has 27 heavy (non-hydrogen) atoms. The Kier molecular flexibility index (Phi) is 4.33. The lowest BCUT2D eigenvalue weighted by Crippen LogP contribution is -2.39. The summed E-state index contributed by atoms with van der Waals surface area (Å²) in [5, 5.41) is 31.2. The number of hydrogen-bond acceptors (Lipinski definition) is 6. The largest absolute Gasteiger partial charge is 0.507 e. The minimum Gasteiger partial charge on any atom is -0.507 e. The van der Waals surface area contributed by atoms with Gasteiger partial charge in [0.25, 0.3) is 0 Å². The Labute approximate surface area is 161 Å². The van der Waals surface area contributed by atoms with Crippen LogP contribution in [0.4, 0.5) is 0 Å². The maximum Gasteiger partial charge on any atom is 0.125 e. The zero-order valence-electron chi connectivity index (χ0n) is 14.8. The number of nitrogens with one attached hydrogen (secondary N) is 2. The van der Waals surface area contributed by atoms with E-state index in [1.165, 1.54) is 25.7 Å². The molecule has 3 N–H and O–H groups in total. The molecule has 3 aromatic rings. The number of hydrogen-bond donors (Lipinski definition) is 3. The number of aromatic hydroxyl groups is 1. The van der Waals surface area contributed by atoms with Crippen LogP contribution < -0.4 is 5.32 Å². The zero-order chi connectivity index (χ0) is 18.2. The third kappa shape index (κ3) is 3.44. The number of fused-ring (bicyclic) bond motifs is 2. The second-order valence-corrected chi connectivity index (χ2v) is 8.65. The van der Waals surface area contributed by atoms with Gasteiger partial charge in [-0.1, -0.05) is 6.07 Å². The van der Waals surface area contributed by atoms with Gasteiger partial charge in [0.2, 0.25) is 0 Å². The number of aromatic amines is 1. The Balaban J connectivity index is 1.31. The Bertz CT molecular complexity index is 916. The third-order valence-corrected chi connectivity index (χ3v) is 6.64. The van der Waals surface area contributed by atoms with Crippen LogP contribution in [0, 0.1) is 0 Å². The van der Waals surface area contributed by atoms with Crippen molar-refractivity contribution in [2.45, 2.75) is 48.0 Å². The second kappa shape index (κ2) is 6.98. The van der Waals surface area contributed by atoms with Crippen LogP contribution in [-0.4, -0.2) is 42.8 Å². The first-order valence-corrected chi connectivity index (χ1v) is 10.2. The van der Waals surface area contributed by atoms with Gasteiger partial charge in [-0.05, 0) is 55.5 Å². The summed E-state index contributed by atoms with van der Waals surface area (Å²) in [4.78, 5) is 0. The molecular weight excluding hydrogens is 358 g/mol. The van der Waals surface area contributed by atoms with E-state index in [4.69, 9.17) is 0 Å². The van der Waals surface area contributed by atoms with Gasteiger partial charge in [0.15, 0.2) is 0 Å². The highest BCUT2D eigenvalue weighted by Crippen LogP contribution is 2.37. The van der Waals surface area contributed by atoms with Crippen LogP contribution in [0.1, 0.15) is 25.7 Å². The van der Waals surface area contributed by atoms with E-state index in [0.29, 0.717) is 28.6 Å². The first-order chi connectivity index (χ1) is 13.2. The van der Waals surface area contributed by atoms with Gasteiger partial charge in [-0.3, -0.25) is 5.10 Å². The first kappa shape index (κ1) is 16.8. The number of piperidine rings is 1. The van der Waals surface area contributed by atoms with Crippen molar-refractivity contribution < 1.29 is 5.11 Å². The normalized spacial score (nSPS) is 24.2. The molecule has 138 valence electrons. The van der Waals surface area contributed by atoms with Gasteiger partial charge >= 0.3 is 0 Å². The van der Waals surface area contributed by atoms with Gasteiger partial charge in [0, 0.05) is 34.7 Å². The minimum atomic E-state index is 0.193. The lowest BCUT2D eigenvalue weighted by molar-refractivity contribution is 0.414. The van der Waals surface area contributed by atoms with E-state index in [-0.39, 0.29) is 5.75 Å². The molecule has 2 bridgehead atoms. The number of H-pyrrole nitrogens is 1. The van der Waals surface area contributed by atoms with Crippen LogP contribution in [0.3, 0.4) is 0 Å². The molecule has 4 heterocycles. The summed E-state index contributed by atoms with van der Waals surface area (Å²) in [6, 6.07) is 10.9. The fourth-order valence-electron chi connectivity index (χ4n) is 4.14. The van der Waals surface area contributed by atoms with Gasteiger partial charge in [-0.2, -0.15) is 5.10 Å². The molecule has 0 saturated carbocycles. The van der Waals surface area contributed by atoms with Crippen molar-refractivity contribution in [3.63, 3.8) is 0 Å². The summed E-state index contributed by atoms with van der Waals surface area (Å²) in [7, 11) is 0. The predicted molar refractivity (Wildman–Crippen MR) is 106 cm³/mol. The van der Waals surface area contributed by atoms with Gasteiger partial charge in [-0.25, -0.2) is 0 Å². The molecule has 2 aliphatic heterocycles. The lowest BCUT2D eigenvalue weighted by Gasteiger charge is -2.28. The maximum absolute atomic E-state index is 10.4. The third-order valence-electron chi connectivity index (χ3n) is 5.46. The van der Waals surface area contributed by atoms with Gasteiger partial charge < -0.3 is 10.4 Å². The highest BCUT2D eigenvalue weighted by molar-refractivity contribution is 7.99. The Morgan fingerprint density at radius 3 is 2.52 bits per heavy atom. The summed E-state index contributed by atoms with van der Waals surface area (Å²) in [6.45, 7) is 0. The summed E-state index contributed by atoms with van der Waals surface area (Å²) >= 11 is 1.83. The van der Waals surface area contributed by atoms with Gasteiger partial charge in [0.1, 0.15) is 10.8 Å². The fourth-order valence-corrected chi connectivity index (χ4v) is 5.37. The molecule has 2 fully saturated rings. The van der Waals surface area contributed by atoms with Crippen LogP contribution in [-0.2, 0) is 0 Å². The van der Waals surface area contributed by atoms with Gasteiger partial charge in [0.05, 0.1) is 11.9 Å². The van der Waals surface area contributed by atoms with E-state index in [1.54, 1.807) is 18.5 Å². The molecular formula is C20H21N5OS. The number of rotatable bonds is 4. The average Bonchev–Trinajstić information content (AvgIpc) is 3.32. The molecule has 7 heteroatoms. The molecule has 1 unspecified atom stereocenters. The average molecular weight is 379 g/mol. The van der Waals surface area contributed by atoms with Crippen LogP contribution in [0.25, 0.3) is 22.4 Å². The summed E-state index contributed by atoms with van der Waals surface area (Å²) in [5.74, 6) is 0.193.